The highest BCUT2D eigenvalue weighted by Crippen LogP contribution is 2.39. The first-order valence-corrected chi connectivity index (χ1v) is 9.24. The molecule has 1 saturated heterocycles. The van der Waals surface area contributed by atoms with E-state index < -0.39 is 18.3 Å². The van der Waals surface area contributed by atoms with E-state index in [1.807, 2.05) is 50.8 Å². The molecule has 0 atom stereocenters. The van der Waals surface area contributed by atoms with Gasteiger partial charge in [-0.2, -0.15) is 5.10 Å². The van der Waals surface area contributed by atoms with Crippen molar-refractivity contribution in [1.82, 2.24) is 9.78 Å². The summed E-state index contributed by atoms with van der Waals surface area (Å²) in [7, 11) is -0.454. The fourth-order valence-electron chi connectivity index (χ4n) is 2.28. The average Bonchev–Trinajstić information content (AvgIpc) is 2.97. The van der Waals surface area contributed by atoms with Gasteiger partial charge in [0.2, 0.25) is 0 Å². The predicted molar refractivity (Wildman–Crippen MR) is 99.8 cm³/mol. The van der Waals surface area contributed by atoms with Crippen LogP contribution in [0.25, 0.3) is 6.08 Å². The molecule has 1 aromatic heterocycles. The van der Waals surface area contributed by atoms with E-state index in [2.05, 4.69) is 18.9 Å². The number of aromatic nitrogens is 2. The monoisotopic (exact) mass is 350 g/mol. The molecule has 0 bridgehead atoms. The standard InChI is InChI=1S/C17H27BN2O3S/c1-12(2)20-10-14(9-19-20)8-15(11-24-13(3)21)18-22-16(4,5)17(6,7)23-18/h8-10,12H,11H2,1-7H3. The molecule has 7 heteroatoms. The molecule has 0 saturated carbocycles. The first-order chi connectivity index (χ1) is 11.0. The average molecular weight is 350 g/mol. The number of hydrogen-bond acceptors (Lipinski definition) is 5. The summed E-state index contributed by atoms with van der Waals surface area (Å²) in [5.41, 5.74) is 1.12. The highest BCUT2D eigenvalue weighted by molar-refractivity contribution is 8.13. The van der Waals surface area contributed by atoms with Crippen LogP contribution in [0.1, 0.15) is 60.1 Å². The van der Waals surface area contributed by atoms with Crippen molar-refractivity contribution in [3.05, 3.63) is 23.4 Å². The molecule has 1 aromatic rings. The summed E-state index contributed by atoms with van der Waals surface area (Å²) in [5.74, 6) is 0.541. The van der Waals surface area contributed by atoms with Gasteiger partial charge in [-0.15, -0.1) is 0 Å². The zero-order valence-corrected chi connectivity index (χ0v) is 16.4. The Kier molecular flexibility index (Phi) is 5.67. The molecule has 1 aliphatic rings. The first-order valence-electron chi connectivity index (χ1n) is 8.25. The fraction of sp³-hybridized carbons (Fsp3) is 0.647. The molecule has 0 unspecified atom stereocenters. The van der Waals surface area contributed by atoms with Crippen LogP contribution >= 0.6 is 11.8 Å². The zero-order chi connectivity index (χ0) is 18.1. The zero-order valence-electron chi connectivity index (χ0n) is 15.6. The Labute approximate surface area is 149 Å². The summed E-state index contributed by atoms with van der Waals surface area (Å²) in [6.07, 6.45) is 5.84. The maximum Gasteiger partial charge on any atom is 0.491 e. The number of thioether (sulfide) groups is 1. The largest absolute Gasteiger partial charge is 0.491 e. The molecule has 5 nitrogen and oxygen atoms in total. The number of carbonyl (C=O) groups is 1. The van der Waals surface area contributed by atoms with Gasteiger partial charge in [0, 0.05) is 30.5 Å². The molecule has 24 heavy (non-hydrogen) atoms. The lowest BCUT2D eigenvalue weighted by molar-refractivity contribution is -0.109. The van der Waals surface area contributed by atoms with Crippen LogP contribution in [0, 0.1) is 0 Å². The quantitative estimate of drug-likeness (QED) is 0.757. The van der Waals surface area contributed by atoms with Gasteiger partial charge in [0.15, 0.2) is 5.12 Å². The van der Waals surface area contributed by atoms with E-state index >= 15 is 0 Å². The Morgan fingerprint density at radius 3 is 2.38 bits per heavy atom. The predicted octanol–water partition coefficient (Wildman–Crippen LogP) is 3.76. The minimum absolute atomic E-state index is 0.0790. The molecule has 0 amide bonds. The van der Waals surface area contributed by atoms with E-state index in [9.17, 15) is 4.79 Å². The van der Waals surface area contributed by atoms with Gasteiger partial charge in [0.05, 0.1) is 17.4 Å². The minimum Gasteiger partial charge on any atom is -0.400 e. The van der Waals surface area contributed by atoms with Crippen molar-refractivity contribution < 1.29 is 14.1 Å². The molecular weight excluding hydrogens is 323 g/mol. The molecule has 0 aromatic carbocycles. The molecule has 0 radical (unpaired) electrons. The molecule has 1 fully saturated rings. The molecule has 2 rings (SSSR count). The highest BCUT2D eigenvalue weighted by atomic mass is 32.2. The Hall–Kier alpha value is -1.05. The van der Waals surface area contributed by atoms with Gasteiger partial charge in [0.25, 0.3) is 0 Å². The van der Waals surface area contributed by atoms with Crippen LogP contribution in [0.5, 0.6) is 0 Å². The van der Waals surface area contributed by atoms with Crippen LogP contribution in [0.3, 0.4) is 0 Å². The van der Waals surface area contributed by atoms with Crippen molar-refractivity contribution in [2.45, 2.75) is 65.7 Å². The normalized spacial score (nSPS) is 20.0. The van der Waals surface area contributed by atoms with Crippen molar-refractivity contribution >= 4 is 30.1 Å². The minimum atomic E-state index is -0.454. The Bertz CT molecular complexity index is 622. The van der Waals surface area contributed by atoms with Crippen molar-refractivity contribution in [1.29, 1.82) is 0 Å². The molecule has 2 heterocycles. The van der Waals surface area contributed by atoms with Crippen LogP contribution in [-0.2, 0) is 14.1 Å². The second kappa shape index (κ2) is 7.06. The van der Waals surface area contributed by atoms with Gasteiger partial charge < -0.3 is 9.31 Å². The van der Waals surface area contributed by atoms with Gasteiger partial charge in [-0.3, -0.25) is 9.48 Å². The van der Waals surface area contributed by atoms with Gasteiger partial charge >= 0.3 is 7.12 Å². The Balaban J connectivity index is 2.27. The van der Waals surface area contributed by atoms with Crippen LogP contribution in [0.2, 0.25) is 0 Å². The molecule has 0 aliphatic carbocycles. The van der Waals surface area contributed by atoms with E-state index in [4.69, 9.17) is 9.31 Å². The van der Waals surface area contributed by atoms with Gasteiger partial charge in [0.1, 0.15) is 0 Å². The lowest BCUT2D eigenvalue weighted by Crippen LogP contribution is -2.41. The van der Waals surface area contributed by atoms with E-state index in [1.165, 1.54) is 11.8 Å². The van der Waals surface area contributed by atoms with Crippen LogP contribution in [0.4, 0.5) is 0 Å². The van der Waals surface area contributed by atoms with Crippen LogP contribution < -0.4 is 0 Å². The third-order valence-corrected chi connectivity index (χ3v) is 5.38. The smallest absolute Gasteiger partial charge is 0.400 e. The summed E-state index contributed by atoms with van der Waals surface area (Å²) in [6, 6.07) is 0.305. The number of rotatable bonds is 5. The first kappa shape index (κ1) is 19.3. The van der Waals surface area contributed by atoms with Crippen molar-refractivity contribution in [3.8, 4) is 0 Å². The number of nitrogens with zero attached hydrogens (tertiary/aromatic N) is 2. The van der Waals surface area contributed by atoms with Crippen molar-refractivity contribution in [2.24, 2.45) is 0 Å². The summed E-state index contributed by atoms with van der Waals surface area (Å²) in [6.45, 7) is 13.9. The SMILES string of the molecule is CC(=O)SCC(=Cc1cnn(C(C)C)c1)B1OC(C)(C)C(C)(C)O1. The maximum absolute atomic E-state index is 11.4. The van der Waals surface area contributed by atoms with Crippen LogP contribution in [0.15, 0.2) is 17.9 Å². The van der Waals surface area contributed by atoms with E-state index in [0.717, 1.165) is 11.0 Å². The summed E-state index contributed by atoms with van der Waals surface area (Å²) in [5, 5.41) is 4.44. The Morgan fingerprint density at radius 2 is 1.92 bits per heavy atom. The number of hydrogen-bond donors (Lipinski definition) is 0. The van der Waals surface area contributed by atoms with Crippen LogP contribution in [-0.4, -0.2) is 39.0 Å². The lowest BCUT2D eigenvalue weighted by atomic mass is 9.78. The highest BCUT2D eigenvalue weighted by Gasteiger charge is 2.52. The molecule has 0 N–H and O–H groups in total. The third-order valence-electron chi connectivity index (χ3n) is 4.50. The molecular formula is C17H27BN2O3S. The Morgan fingerprint density at radius 1 is 1.33 bits per heavy atom. The lowest BCUT2D eigenvalue weighted by Gasteiger charge is -2.32. The summed E-state index contributed by atoms with van der Waals surface area (Å²) < 4.78 is 14.2. The third kappa shape index (κ3) is 4.32. The molecule has 132 valence electrons. The maximum atomic E-state index is 11.4. The second-order valence-electron chi connectivity index (χ2n) is 7.44. The van der Waals surface area contributed by atoms with Gasteiger partial charge in [-0.1, -0.05) is 17.8 Å². The molecule has 1 aliphatic heterocycles. The second-order valence-corrected chi connectivity index (χ2v) is 8.59. The van der Waals surface area contributed by atoms with Crippen molar-refractivity contribution in [2.75, 3.05) is 5.75 Å². The number of carbonyl (C=O) groups excluding carboxylic acids is 1. The van der Waals surface area contributed by atoms with E-state index in [1.54, 1.807) is 6.92 Å². The van der Waals surface area contributed by atoms with Crippen molar-refractivity contribution in [3.63, 3.8) is 0 Å². The topological polar surface area (TPSA) is 53.4 Å². The fourth-order valence-corrected chi connectivity index (χ4v) is 2.87. The van der Waals surface area contributed by atoms with Gasteiger partial charge in [-0.25, -0.2) is 0 Å². The molecule has 0 spiro atoms. The summed E-state index contributed by atoms with van der Waals surface area (Å²) >= 11 is 1.26. The summed E-state index contributed by atoms with van der Waals surface area (Å²) in [4.78, 5) is 11.4. The van der Waals surface area contributed by atoms with E-state index in [-0.39, 0.29) is 5.12 Å². The van der Waals surface area contributed by atoms with E-state index in [0.29, 0.717) is 11.8 Å². The van der Waals surface area contributed by atoms with Gasteiger partial charge in [-0.05, 0) is 47.0 Å².